The van der Waals surface area contributed by atoms with Gasteiger partial charge in [0.15, 0.2) is 0 Å². The van der Waals surface area contributed by atoms with Gasteiger partial charge in [-0.2, -0.15) is 0 Å². The number of rotatable bonds is 4. The second-order valence-corrected chi connectivity index (χ2v) is 4.38. The minimum absolute atomic E-state index is 0.294. The highest BCUT2D eigenvalue weighted by atomic mass is 32.1. The molecule has 19 heavy (non-hydrogen) atoms. The van der Waals surface area contributed by atoms with Crippen LogP contribution in [-0.2, 0) is 4.74 Å². The Hall–Kier alpha value is -1.56. The Morgan fingerprint density at radius 2 is 2.05 bits per heavy atom. The first kappa shape index (κ1) is 15.5. The smallest absolute Gasteiger partial charge is 0.408 e. The predicted octanol–water partition coefficient (Wildman–Crippen LogP) is 3.31. The minimum atomic E-state index is -0.665. The largest absolute Gasteiger partial charge is 0.442 e. The van der Waals surface area contributed by atoms with Crippen LogP contribution in [0.4, 0.5) is 9.18 Å². The summed E-state index contributed by atoms with van der Waals surface area (Å²) < 4.78 is 22.3. The topological polar surface area (TPSA) is 50.7 Å². The van der Waals surface area contributed by atoms with Gasteiger partial charge >= 0.3 is 6.09 Å². The number of benzene rings is 1. The normalized spacial score (nSPS) is 14.7. The number of hydrogen-bond donors (Lipinski definition) is 2. The molecule has 1 aromatic rings. The van der Waals surface area contributed by atoms with E-state index in [2.05, 4.69) is 22.5 Å². The van der Waals surface area contributed by atoms with Crippen molar-refractivity contribution in [2.24, 2.45) is 4.40 Å². The number of carbonyl (C=O) groups excluding carboxylic acids is 1. The Labute approximate surface area is 117 Å². The van der Waals surface area contributed by atoms with Gasteiger partial charge in [-0.05, 0) is 39.7 Å². The van der Waals surface area contributed by atoms with E-state index in [9.17, 15) is 9.18 Å². The summed E-state index contributed by atoms with van der Waals surface area (Å²) in [6.45, 7) is 5.10. The summed E-state index contributed by atoms with van der Waals surface area (Å²) in [5.41, 5.74) is 0.990. The molecule has 0 fully saturated rings. The van der Waals surface area contributed by atoms with Crippen molar-refractivity contribution in [1.29, 1.82) is 0 Å². The third-order valence-corrected chi connectivity index (χ3v) is 3.06. The van der Waals surface area contributed by atoms with Gasteiger partial charge in [0.05, 0.1) is 6.04 Å². The molecule has 1 amide bonds. The SMILES string of the molecule is C/C(=N/S)C(C)NC(=O)O[C@H](C)c1ccccc1F. The highest BCUT2D eigenvalue weighted by Gasteiger charge is 2.17. The van der Waals surface area contributed by atoms with Crippen LogP contribution in [0.25, 0.3) is 0 Å². The van der Waals surface area contributed by atoms with Crippen molar-refractivity contribution < 1.29 is 13.9 Å². The van der Waals surface area contributed by atoms with Crippen LogP contribution in [0.15, 0.2) is 28.7 Å². The number of nitrogens with zero attached hydrogens (tertiary/aromatic N) is 1. The molecule has 0 bridgehead atoms. The summed E-state index contributed by atoms with van der Waals surface area (Å²) >= 11 is 3.76. The number of thiol groups is 1. The highest BCUT2D eigenvalue weighted by molar-refractivity contribution is 7.79. The Morgan fingerprint density at radius 3 is 2.63 bits per heavy atom. The highest BCUT2D eigenvalue weighted by Crippen LogP contribution is 2.19. The van der Waals surface area contributed by atoms with Crippen molar-refractivity contribution in [3.8, 4) is 0 Å². The second-order valence-electron chi connectivity index (χ2n) is 4.18. The summed E-state index contributed by atoms with van der Waals surface area (Å²) in [6, 6.07) is 5.89. The summed E-state index contributed by atoms with van der Waals surface area (Å²) in [7, 11) is 0. The fraction of sp³-hybridized carbons (Fsp3) is 0.385. The van der Waals surface area contributed by atoms with Gasteiger partial charge in [-0.25, -0.2) is 13.6 Å². The summed E-state index contributed by atoms with van der Waals surface area (Å²) in [4.78, 5) is 11.6. The first-order chi connectivity index (χ1) is 8.95. The molecule has 0 aliphatic carbocycles. The molecule has 2 atom stereocenters. The van der Waals surface area contributed by atoms with Crippen molar-refractivity contribution in [2.75, 3.05) is 0 Å². The lowest BCUT2D eigenvalue weighted by atomic mass is 10.1. The lowest BCUT2D eigenvalue weighted by Gasteiger charge is -2.17. The van der Waals surface area contributed by atoms with Gasteiger partial charge in [0, 0.05) is 11.3 Å². The fourth-order valence-electron chi connectivity index (χ4n) is 1.43. The van der Waals surface area contributed by atoms with Gasteiger partial charge < -0.3 is 10.1 Å². The zero-order chi connectivity index (χ0) is 14.4. The quantitative estimate of drug-likeness (QED) is 0.658. The Balaban J connectivity index is 2.60. The first-order valence-corrected chi connectivity index (χ1v) is 6.25. The van der Waals surface area contributed by atoms with E-state index >= 15 is 0 Å². The number of hydrogen-bond acceptors (Lipinski definition) is 4. The number of alkyl carbamates (subject to hydrolysis) is 1. The molecule has 1 rings (SSSR count). The predicted molar refractivity (Wildman–Crippen MR) is 76.0 cm³/mol. The van der Waals surface area contributed by atoms with Crippen molar-refractivity contribution in [3.05, 3.63) is 35.6 Å². The van der Waals surface area contributed by atoms with Gasteiger partial charge in [0.1, 0.15) is 11.9 Å². The van der Waals surface area contributed by atoms with Crippen LogP contribution in [0, 0.1) is 5.82 Å². The van der Waals surface area contributed by atoms with E-state index in [0.29, 0.717) is 11.3 Å². The molecule has 0 aromatic heterocycles. The Bertz CT molecular complexity index is 479. The monoisotopic (exact) mass is 284 g/mol. The van der Waals surface area contributed by atoms with Crippen molar-refractivity contribution in [3.63, 3.8) is 0 Å². The maximum Gasteiger partial charge on any atom is 0.408 e. The van der Waals surface area contributed by atoms with E-state index in [1.54, 1.807) is 39.0 Å². The van der Waals surface area contributed by atoms with Crippen LogP contribution >= 0.6 is 12.8 Å². The molecule has 1 N–H and O–H groups in total. The summed E-state index contributed by atoms with van der Waals surface area (Å²) in [5.74, 6) is -0.399. The van der Waals surface area contributed by atoms with E-state index in [1.165, 1.54) is 6.07 Å². The van der Waals surface area contributed by atoms with E-state index in [4.69, 9.17) is 4.74 Å². The molecular formula is C13H17FN2O2S. The molecule has 4 nitrogen and oxygen atoms in total. The molecular weight excluding hydrogens is 267 g/mol. The van der Waals surface area contributed by atoms with Crippen LogP contribution in [0.5, 0.6) is 0 Å². The van der Waals surface area contributed by atoms with Gasteiger partial charge in [0.2, 0.25) is 0 Å². The van der Waals surface area contributed by atoms with Crippen LogP contribution in [0.3, 0.4) is 0 Å². The molecule has 0 aliphatic heterocycles. The Morgan fingerprint density at radius 1 is 1.42 bits per heavy atom. The fourth-order valence-corrected chi connectivity index (χ4v) is 1.60. The Kier molecular flexibility index (Phi) is 5.82. The lowest BCUT2D eigenvalue weighted by Crippen LogP contribution is -2.38. The van der Waals surface area contributed by atoms with E-state index < -0.39 is 18.0 Å². The number of ether oxygens (including phenoxy) is 1. The van der Waals surface area contributed by atoms with Gasteiger partial charge in [-0.3, -0.25) is 0 Å². The maximum absolute atomic E-state index is 13.5. The molecule has 0 saturated carbocycles. The zero-order valence-corrected chi connectivity index (χ0v) is 11.9. The van der Waals surface area contributed by atoms with Crippen LogP contribution in [-0.4, -0.2) is 17.8 Å². The molecule has 1 unspecified atom stereocenters. The number of carbonyl (C=O) groups is 1. The molecule has 0 aliphatic rings. The second kappa shape index (κ2) is 7.13. The maximum atomic E-state index is 13.5. The number of halogens is 1. The van der Waals surface area contributed by atoms with E-state index in [0.717, 1.165) is 0 Å². The minimum Gasteiger partial charge on any atom is -0.442 e. The molecule has 6 heteroatoms. The van der Waals surface area contributed by atoms with Crippen molar-refractivity contribution in [1.82, 2.24) is 5.32 Å². The lowest BCUT2D eigenvalue weighted by molar-refractivity contribution is 0.104. The third-order valence-electron chi connectivity index (χ3n) is 2.75. The first-order valence-electron chi connectivity index (χ1n) is 5.85. The van der Waals surface area contributed by atoms with Crippen LogP contribution < -0.4 is 5.32 Å². The number of nitrogens with one attached hydrogen (secondary N) is 1. The average molecular weight is 284 g/mol. The van der Waals surface area contributed by atoms with Crippen molar-refractivity contribution in [2.45, 2.75) is 32.9 Å². The van der Waals surface area contributed by atoms with Gasteiger partial charge in [-0.15, -0.1) is 0 Å². The van der Waals surface area contributed by atoms with E-state index in [-0.39, 0.29) is 6.04 Å². The molecule has 104 valence electrons. The van der Waals surface area contributed by atoms with Gasteiger partial charge in [0.25, 0.3) is 0 Å². The summed E-state index contributed by atoms with van der Waals surface area (Å²) in [5, 5.41) is 2.59. The van der Waals surface area contributed by atoms with Crippen LogP contribution in [0.1, 0.15) is 32.4 Å². The van der Waals surface area contributed by atoms with Gasteiger partial charge in [-0.1, -0.05) is 18.2 Å². The molecule has 0 radical (unpaired) electrons. The summed E-state index contributed by atoms with van der Waals surface area (Å²) in [6.07, 6.45) is -1.29. The zero-order valence-electron chi connectivity index (χ0n) is 11.1. The molecule has 0 saturated heterocycles. The standard InChI is InChI=1S/C13H17FN2O2S/c1-8(9(2)16-19)15-13(17)18-10(3)11-6-4-5-7-12(11)14/h4-8,10,19H,1-3H3,(H,15,17)/b16-9-/t8?,10-/m1/s1. The molecule has 0 heterocycles. The third kappa shape index (κ3) is 4.55. The van der Waals surface area contributed by atoms with Crippen LogP contribution in [0.2, 0.25) is 0 Å². The number of amides is 1. The van der Waals surface area contributed by atoms with E-state index in [1.807, 2.05) is 0 Å². The molecule has 0 spiro atoms. The van der Waals surface area contributed by atoms with Crippen molar-refractivity contribution >= 4 is 24.6 Å². The molecule has 1 aromatic carbocycles. The average Bonchev–Trinajstić information content (AvgIpc) is 2.37.